The Balaban J connectivity index is 1.51. The number of benzene rings is 2. The zero-order chi connectivity index (χ0) is 22.7. The molecule has 0 aliphatic heterocycles. The summed E-state index contributed by atoms with van der Waals surface area (Å²) in [7, 11) is 0. The van der Waals surface area contributed by atoms with E-state index in [9.17, 15) is 19.5 Å². The third-order valence-corrected chi connectivity index (χ3v) is 5.87. The third kappa shape index (κ3) is 4.22. The summed E-state index contributed by atoms with van der Waals surface area (Å²) >= 11 is 1.23. The molecule has 4 rings (SSSR count). The quantitative estimate of drug-likeness (QED) is 0.401. The molecule has 1 amide bonds. The minimum absolute atomic E-state index is 0.0862. The zero-order valence-corrected chi connectivity index (χ0v) is 18.1. The highest BCUT2D eigenvalue weighted by Crippen LogP contribution is 2.21. The van der Waals surface area contributed by atoms with Gasteiger partial charge in [0.1, 0.15) is 0 Å². The van der Waals surface area contributed by atoms with E-state index in [4.69, 9.17) is 0 Å². The Bertz CT molecular complexity index is 1360. The van der Waals surface area contributed by atoms with E-state index in [2.05, 4.69) is 15.5 Å². The van der Waals surface area contributed by atoms with Gasteiger partial charge in [0.25, 0.3) is 5.56 Å². The van der Waals surface area contributed by atoms with Crippen LogP contribution in [0.3, 0.4) is 0 Å². The van der Waals surface area contributed by atoms with Gasteiger partial charge < -0.3 is 15.2 Å². The van der Waals surface area contributed by atoms with E-state index in [0.717, 1.165) is 12.0 Å². The molecule has 32 heavy (non-hydrogen) atoms. The molecule has 0 radical (unpaired) electrons. The van der Waals surface area contributed by atoms with E-state index < -0.39 is 5.97 Å². The van der Waals surface area contributed by atoms with Crippen molar-refractivity contribution in [2.45, 2.75) is 31.6 Å². The number of aromatic carboxylic acids is 1. The van der Waals surface area contributed by atoms with E-state index in [1.807, 2.05) is 29.5 Å². The zero-order valence-electron chi connectivity index (χ0n) is 17.3. The number of carbonyl (C=O) groups excluding carboxylic acids is 2. The Kier molecular flexibility index (Phi) is 6.22. The molecule has 0 fully saturated rings. The van der Waals surface area contributed by atoms with E-state index in [1.54, 1.807) is 22.8 Å². The molecule has 2 heterocycles. The lowest BCUT2D eigenvalue weighted by Gasteiger charge is -2.10. The van der Waals surface area contributed by atoms with E-state index in [1.165, 1.54) is 23.9 Å². The van der Waals surface area contributed by atoms with Crippen LogP contribution in [0.2, 0.25) is 0 Å². The molecule has 4 aromatic rings. The fourth-order valence-electron chi connectivity index (χ4n) is 3.39. The van der Waals surface area contributed by atoms with E-state index in [0.29, 0.717) is 28.4 Å². The molecular formula is C22H20N5O4S-. The normalized spacial score (nSPS) is 11.2. The summed E-state index contributed by atoms with van der Waals surface area (Å²) in [4.78, 5) is 36.0. The second-order valence-electron chi connectivity index (χ2n) is 7.14. The number of nitrogens with one attached hydrogen (secondary N) is 1. The van der Waals surface area contributed by atoms with Crippen molar-refractivity contribution in [3.05, 3.63) is 70.0 Å². The maximum absolute atomic E-state index is 12.9. The summed E-state index contributed by atoms with van der Waals surface area (Å²) < 4.78 is 3.42. The van der Waals surface area contributed by atoms with Crippen LogP contribution in [0.4, 0.5) is 0 Å². The summed E-state index contributed by atoms with van der Waals surface area (Å²) in [6.07, 6.45) is 0.773. The van der Waals surface area contributed by atoms with Gasteiger partial charge in [-0.3, -0.25) is 18.6 Å². The molecule has 2 aromatic carbocycles. The second kappa shape index (κ2) is 9.23. The molecule has 0 aliphatic rings. The number of carbonyl (C=O) groups is 2. The predicted octanol–water partition coefficient (Wildman–Crippen LogP) is 1.23. The number of hydrogen-bond acceptors (Lipinski definition) is 7. The van der Waals surface area contributed by atoms with Gasteiger partial charge in [-0.1, -0.05) is 55.1 Å². The summed E-state index contributed by atoms with van der Waals surface area (Å²) in [5, 5.41) is 23.1. The Labute approximate surface area is 187 Å². The number of thioether (sulfide) groups is 1. The standard InChI is InChI=1S/C22H21N5O4S/c1-2-11-26-19(29)16-5-3-4-6-17(16)27-21(26)24-25-22(27)32-13-18(28)23-12-14-7-9-15(10-8-14)20(30)31/h3-10H,2,11-13H2,1H3,(H,23,28)(H,30,31)/p-1. The summed E-state index contributed by atoms with van der Waals surface area (Å²) in [6, 6.07) is 13.4. The maximum Gasteiger partial charge on any atom is 0.262 e. The lowest BCUT2D eigenvalue weighted by atomic mass is 10.1. The second-order valence-corrected chi connectivity index (χ2v) is 8.08. The van der Waals surface area contributed by atoms with Gasteiger partial charge >= 0.3 is 0 Å². The third-order valence-electron chi connectivity index (χ3n) is 4.94. The van der Waals surface area contributed by atoms with Crippen LogP contribution in [0, 0.1) is 0 Å². The first kappa shape index (κ1) is 21.6. The van der Waals surface area contributed by atoms with Crippen molar-refractivity contribution < 1.29 is 14.7 Å². The number of para-hydroxylation sites is 1. The van der Waals surface area contributed by atoms with Gasteiger partial charge in [-0.05, 0) is 29.7 Å². The van der Waals surface area contributed by atoms with Crippen molar-refractivity contribution in [2.24, 2.45) is 0 Å². The molecule has 0 saturated heterocycles. The highest BCUT2D eigenvalue weighted by Gasteiger charge is 2.17. The Morgan fingerprint density at radius 3 is 2.56 bits per heavy atom. The summed E-state index contributed by atoms with van der Waals surface area (Å²) in [5.41, 5.74) is 1.45. The van der Waals surface area contributed by atoms with Crippen LogP contribution in [0.5, 0.6) is 0 Å². The van der Waals surface area contributed by atoms with Crippen LogP contribution in [0.1, 0.15) is 29.3 Å². The van der Waals surface area contributed by atoms with Crippen LogP contribution >= 0.6 is 11.8 Å². The molecule has 1 N–H and O–H groups in total. The number of aryl methyl sites for hydroxylation is 1. The van der Waals surface area contributed by atoms with Gasteiger partial charge in [-0.25, -0.2) is 0 Å². The Morgan fingerprint density at radius 1 is 1.09 bits per heavy atom. The number of hydrogen-bond donors (Lipinski definition) is 1. The van der Waals surface area contributed by atoms with Crippen LogP contribution in [0.25, 0.3) is 16.7 Å². The van der Waals surface area contributed by atoms with Gasteiger partial charge in [0, 0.05) is 13.1 Å². The molecule has 0 atom stereocenters. The number of nitrogens with zero attached hydrogens (tertiary/aromatic N) is 4. The van der Waals surface area contributed by atoms with Crippen molar-refractivity contribution in [2.75, 3.05) is 5.75 Å². The van der Waals surface area contributed by atoms with Crippen LogP contribution < -0.4 is 16.0 Å². The van der Waals surface area contributed by atoms with E-state index in [-0.39, 0.29) is 29.3 Å². The first-order chi connectivity index (χ1) is 15.5. The minimum atomic E-state index is -1.24. The van der Waals surface area contributed by atoms with Crippen LogP contribution in [0.15, 0.2) is 58.5 Å². The molecule has 164 valence electrons. The number of fused-ring (bicyclic) bond motifs is 3. The highest BCUT2D eigenvalue weighted by molar-refractivity contribution is 7.99. The van der Waals surface area contributed by atoms with E-state index >= 15 is 0 Å². The number of carboxylic acids is 1. The van der Waals surface area contributed by atoms with Crippen molar-refractivity contribution in [1.29, 1.82) is 0 Å². The van der Waals surface area contributed by atoms with Gasteiger partial charge in [-0.2, -0.15) is 0 Å². The summed E-state index contributed by atoms with van der Waals surface area (Å²) in [6.45, 7) is 2.78. The van der Waals surface area contributed by atoms with Crippen molar-refractivity contribution in [1.82, 2.24) is 24.5 Å². The highest BCUT2D eigenvalue weighted by atomic mass is 32.2. The smallest absolute Gasteiger partial charge is 0.262 e. The average Bonchev–Trinajstić information content (AvgIpc) is 3.23. The van der Waals surface area contributed by atoms with Gasteiger partial charge in [0.05, 0.1) is 22.6 Å². The van der Waals surface area contributed by atoms with Crippen LogP contribution in [-0.4, -0.2) is 36.8 Å². The molecule has 0 spiro atoms. The number of amides is 1. The maximum atomic E-state index is 12.9. The average molecular weight is 451 g/mol. The molecular weight excluding hydrogens is 430 g/mol. The van der Waals surface area contributed by atoms with Gasteiger partial charge in [0.2, 0.25) is 11.7 Å². The Hall–Kier alpha value is -3.66. The molecule has 2 aromatic heterocycles. The molecule has 9 nitrogen and oxygen atoms in total. The molecule has 10 heteroatoms. The number of carboxylic acid groups (broad SMARTS) is 1. The van der Waals surface area contributed by atoms with Crippen molar-refractivity contribution in [3.8, 4) is 0 Å². The predicted molar refractivity (Wildman–Crippen MR) is 118 cm³/mol. The Morgan fingerprint density at radius 2 is 1.84 bits per heavy atom. The topological polar surface area (TPSA) is 121 Å². The monoisotopic (exact) mass is 450 g/mol. The van der Waals surface area contributed by atoms with Gasteiger partial charge in [0.15, 0.2) is 5.16 Å². The fourth-order valence-corrected chi connectivity index (χ4v) is 4.16. The first-order valence-electron chi connectivity index (χ1n) is 10.1. The lowest BCUT2D eigenvalue weighted by Crippen LogP contribution is -2.25. The molecule has 0 saturated carbocycles. The number of aromatic nitrogens is 4. The van der Waals surface area contributed by atoms with Gasteiger partial charge in [-0.15, -0.1) is 10.2 Å². The SMILES string of the molecule is CCCn1c(=O)c2ccccc2n2c(SCC(=O)NCc3ccc(C(=O)[O-])cc3)nnc12. The molecule has 0 aliphatic carbocycles. The van der Waals surface area contributed by atoms with Crippen molar-refractivity contribution in [3.63, 3.8) is 0 Å². The number of rotatable bonds is 8. The fraction of sp³-hybridized carbons (Fsp3) is 0.227. The first-order valence-corrected chi connectivity index (χ1v) is 11.0. The molecule has 0 bridgehead atoms. The molecule has 0 unspecified atom stereocenters. The summed E-state index contributed by atoms with van der Waals surface area (Å²) in [5.74, 6) is -0.887. The van der Waals surface area contributed by atoms with Crippen molar-refractivity contribution >= 4 is 40.3 Å². The largest absolute Gasteiger partial charge is 0.545 e. The lowest BCUT2D eigenvalue weighted by molar-refractivity contribution is -0.255. The van der Waals surface area contributed by atoms with Crippen LogP contribution in [-0.2, 0) is 17.9 Å². The minimum Gasteiger partial charge on any atom is -0.545 e.